The molecule has 1 saturated carbocycles. The number of fused-ring (bicyclic) bond motifs is 1. The minimum atomic E-state index is -0.718. The highest BCUT2D eigenvalue weighted by molar-refractivity contribution is 6.07. The van der Waals surface area contributed by atoms with E-state index in [0.29, 0.717) is 24.0 Å². The minimum absolute atomic E-state index is 0.000770. The fourth-order valence-corrected chi connectivity index (χ4v) is 6.54. The number of hydrogen-bond donors (Lipinski definition) is 0. The van der Waals surface area contributed by atoms with Gasteiger partial charge < -0.3 is 19.1 Å². The maximum absolute atomic E-state index is 14.3. The molecule has 0 spiro atoms. The second-order valence-electron chi connectivity index (χ2n) is 13.2. The van der Waals surface area contributed by atoms with E-state index in [9.17, 15) is 23.6 Å². The van der Waals surface area contributed by atoms with Gasteiger partial charge in [-0.05, 0) is 84.4 Å². The molecule has 1 aromatic carbocycles. The zero-order valence-corrected chi connectivity index (χ0v) is 26.0. The van der Waals surface area contributed by atoms with Gasteiger partial charge >= 0.3 is 6.09 Å². The standard InChI is InChI=1S/C33H46FN3O5/c1-21(35(6)32(41)42-33(3,4)5)30(39)18-26(23-11-8-7-9-12-23)31(40)37-16-10-13-25(37)19-36-20-28(22(2)38)27-17-24(34)14-15-29(27)36/h14-15,17,20-21,23,25-26H,7-13,16,18-19H2,1-6H3/t21-,25-,26-/m0/s1. The van der Waals surface area contributed by atoms with Gasteiger partial charge in [-0.15, -0.1) is 0 Å². The average molecular weight is 584 g/mol. The van der Waals surface area contributed by atoms with Crippen LogP contribution in [0.15, 0.2) is 24.4 Å². The molecular formula is C33H46FN3O5. The molecule has 2 fully saturated rings. The summed E-state index contributed by atoms with van der Waals surface area (Å²) in [5.41, 5.74) is 0.553. The lowest BCUT2D eigenvalue weighted by Gasteiger charge is -2.35. The number of hydrogen-bond acceptors (Lipinski definition) is 5. The van der Waals surface area contributed by atoms with Gasteiger partial charge in [0, 0.05) is 61.2 Å². The molecule has 2 aromatic rings. The van der Waals surface area contributed by atoms with Gasteiger partial charge in [-0.25, -0.2) is 9.18 Å². The van der Waals surface area contributed by atoms with E-state index in [1.54, 1.807) is 47.0 Å². The molecule has 2 aliphatic rings. The highest BCUT2D eigenvalue weighted by atomic mass is 19.1. The Kier molecular flexibility index (Phi) is 9.78. The van der Waals surface area contributed by atoms with Gasteiger partial charge in [-0.1, -0.05) is 19.3 Å². The second kappa shape index (κ2) is 13.0. The summed E-state index contributed by atoms with van der Waals surface area (Å²) >= 11 is 0. The third-order valence-electron chi connectivity index (χ3n) is 8.98. The number of carbonyl (C=O) groups excluding carboxylic acids is 4. The number of ketones is 2. The van der Waals surface area contributed by atoms with E-state index in [1.807, 2.05) is 9.47 Å². The van der Waals surface area contributed by atoms with E-state index in [4.69, 9.17) is 4.74 Å². The van der Waals surface area contributed by atoms with Crippen LogP contribution >= 0.6 is 0 Å². The summed E-state index contributed by atoms with van der Waals surface area (Å²) in [5.74, 6) is -1.00. The molecule has 1 aliphatic carbocycles. The summed E-state index contributed by atoms with van der Waals surface area (Å²) in [7, 11) is 1.56. The Morgan fingerprint density at radius 3 is 2.40 bits per heavy atom. The van der Waals surface area contributed by atoms with Gasteiger partial charge in [0.1, 0.15) is 11.4 Å². The van der Waals surface area contributed by atoms with Crippen molar-refractivity contribution in [3.8, 4) is 0 Å². The third kappa shape index (κ3) is 7.21. The molecule has 8 nitrogen and oxygen atoms in total. The van der Waals surface area contributed by atoms with Gasteiger partial charge in [0.25, 0.3) is 0 Å². The van der Waals surface area contributed by atoms with Crippen molar-refractivity contribution in [3.63, 3.8) is 0 Å². The Morgan fingerprint density at radius 2 is 1.76 bits per heavy atom. The lowest BCUT2D eigenvalue weighted by Crippen LogP contribution is -2.47. The summed E-state index contributed by atoms with van der Waals surface area (Å²) in [6.07, 6.45) is 7.99. The normalized spacial score (nSPS) is 19.5. The van der Waals surface area contributed by atoms with Crippen molar-refractivity contribution in [1.82, 2.24) is 14.4 Å². The highest BCUT2D eigenvalue weighted by Gasteiger charge is 2.40. The Balaban J connectivity index is 1.54. The molecule has 0 bridgehead atoms. The zero-order valence-electron chi connectivity index (χ0n) is 26.0. The van der Waals surface area contributed by atoms with Crippen molar-refractivity contribution >= 4 is 34.5 Å². The molecule has 42 heavy (non-hydrogen) atoms. The molecule has 4 rings (SSSR count). The van der Waals surface area contributed by atoms with Crippen LogP contribution in [0.3, 0.4) is 0 Å². The van der Waals surface area contributed by atoms with Crippen LogP contribution < -0.4 is 0 Å². The van der Waals surface area contributed by atoms with E-state index in [2.05, 4.69) is 0 Å². The van der Waals surface area contributed by atoms with Crippen LogP contribution in [0.4, 0.5) is 9.18 Å². The van der Waals surface area contributed by atoms with Crippen LogP contribution in [-0.2, 0) is 20.9 Å². The smallest absolute Gasteiger partial charge is 0.410 e. The van der Waals surface area contributed by atoms with Crippen molar-refractivity contribution < 1.29 is 28.3 Å². The summed E-state index contributed by atoms with van der Waals surface area (Å²) < 4.78 is 21.4. The van der Waals surface area contributed by atoms with E-state index in [0.717, 1.165) is 50.5 Å². The molecule has 1 aromatic heterocycles. The topological polar surface area (TPSA) is 88.9 Å². The van der Waals surface area contributed by atoms with Crippen LogP contribution in [0.5, 0.6) is 0 Å². The second-order valence-corrected chi connectivity index (χ2v) is 13.2. The fraction of sp³-hybridized carbons (Fsp3) is 0.636. The molecule has 0 N–H and O–H groups in total. The van der Waals surface area contributed by atoms with Crippen molar-refractivity contribution in [3.05, 3.63) is 35.8 Å². The van der Waals surface area contributed by atoms with E-state index in [1.165, 1.54) is 24.0 Å². The van der Waals surface area contributed by atoms with E-state index >= 15 is 0 Å². The number of likely N-dealkylation sites (tertiary alicyclic amines) is 1. The molecule has 230 valence electrons. The number of carbonyl (C=O) groups is 4. The van der Waals surface area contributed by atoms with Crippen molar-refractivity contribution in [2.24, 2.45) is 11.8 Å². The number of rotatable bonds is 9. The fourth-order valence-electron chi connectivity index (χ4n) is 6.54. The molecule has 0 radical (unpaired) electrons. The molecule has 2 amide bonds. The number of Topliss-reactive ketones (excluding diaryl/α,β-unsaturated/α-hetero) is 2. The highest BCUT2D eigenvalue weighted by Crippen LogP contribution is 2.36. The van der Waals surface area contributed by atoms with Gasteiger partial charge in [-0.3, -0.25) is 14.4 Å². The average Bonchev–Trinajstić information content (AvgIpc) is 3.54. The molecule has 1 aliphatic heterocycles. The quantitative estimate of drug-likeness (QED) is 0.320. The predicted molar refractivity (Wildman–Crippen MR) is 160 cm³/mol. The van der Waals surface area contributed by atoms with E-state index in [-0.39, 0.29) is 35.9 Å². The first-order valence-electron chi connectivity index (χ1n) is 15.3. The summed E-state index contributed by atoms with van der Waals surface area (Å²) in [5, 5.41) is 0.576. The van der Waals surface area contributed by atoms with Gasteiger partial charge in [0.2, 0.25) is 5.91 Å². The molecule has 1 saturated heterocycles. The van der Waals surface area contributed by atoms with Crippen molar-refractivity contribution in [1.29, 1.82) is 0 Å². The van der Waals surface area contributed by atoms with Crippen LogP contribution in [-0.4, -0.2) is 69.2 Å². The molecule has 0 unspecified atom stereocenters. The summed E-state index contributed by atoms with van der Waals surface area (Å²) in [4.78, 5) is 56.0. The van der Waals surface area contributed by atoms with Crippen molar-refractivity contribution in [2.75, 3.05) is 13.6 Å². The third-order valence-corrected chi connectivity index (χ3v) is 8.98. The van der Waals surface area contributed by atoms with Crippen LogP contribution in [0, 0.1) is 17.7 Å². The number of aromatic nitrogens is 1. The van der Waals surface area contributed by atoms with Crippen LogP contribution in [0.1, 0.15) is 96.3 Å². The molecule has 9 heteroatoms. The molecule has 3 atom stereocenters. The van der Waals surface area contributed by atoms with Gasteiger partial charge in [0.05, 0.1) is 6.04 Å². The Hall–Kier alpha value is -3.23. The molecule has 2 heterocycles. The van der Waals surface area contributed by atoms with Gasteiger partial charge in [-0.2, -0.15) is 0 Å². The number of likely N-dealkylation sites (N-methyl/N-ethyl adjacent to an activating group) is 1. The number of nitrogens with zero attached hydrogens (tertiary/aromatic N) is 3. The zero-order chi connectivity index (χ0) is 30.8. The Bertz CT molecular complexity index is 1320. The Labute approximate surface area is 248 Å². The SMILES string of the molecule is CC(=O)c1cn(C[C@@H]2CCCN2C(=O)[C@@H](CC(=O)[C@H](C)N(C)C(=O)OC(C)(C)C)C2CCCCC2)c2ccc(F)cc12. The number of ether oxygens (including phenoxy) is 1. The number of amides is 2. The lowest BCUT2D eigenvalue weighted by molar-refractivity contribution is -0.142. The predicted octanol–water partition coefficient (Wildman–Crippen LogP) is 6.39. The first kappa shape index (κ1) is 31.7. The maximum Gasteiger partial charge on any atom is 0.410 e. The van der Waals surface area contributed by atoms with Crippen molar-refractivity contribution in [2.45, 2.75) is 110 Å². The first-order valence-corrected chi connectivity index (χ1v) is 15.3. The largest absolute Gasteiger partial charge is 0.444 e. The Morgan fingerprint density at radius 1 is 1.07 bits per heavy atom. The lowest BCUT2D eigenvalue weighted by atomic mass is 9.76. The maximum atomic E-state index is 14.3. The van der Waals surface area contributed by atoms with E-state index < -0.39 is 29.5 Å². The summed E-state index contributed by atoms with van der Waals surface area (Å²) in [6.45, 7) is 9.62. The van der Waals surface area contributed by atoms with Crippen LogP contribution in [0.2, 0.25) is 0 Å². The summed E-state index contributed by atoms with van der Waals surface area (Å²) in [6, 6.07) is 3.65. The van der Waals surface area contributed by atoms with Crippen LogP contribution in [0.25, 0.3) is 10.9 Å². The number of halogens is 1. The first-order chi connectivity index (χ1) is 19.8. The number of benzene rings is 1. The monoisotopic (exact) mass is 583 g/mol. The minimum Gasteiger partial charge on any atom is -0.444 e. The molecular weight excluding hydrogens is 537 g/mol. The van der Waals surface area contributed by atoms with Gasteiger partial charge in [0.15, 0.2) is 11.6 Å².